The Kier molecular flexibility index (Phi) is 3.69. The average molecular weight is 257 g/mol. The standard InChI is InChI=1S/C11H17ClN4O/c1-17-5-4-11(2-3-11)7-15-9-8(12)6-14-10(13)16-9/h6H,2-5,7H2,1H3,(H3,13,14,15,16). The second-order valence-corrected chi connectivity index (χ2v) is 4.93. The highest BCUT2D eigenvalue weighted by Gasteiger charge is 2.41. The molecule has 1 aromatic rings. The van der Waals surface area contributed by atoms with Crippen molar-refractivity contribution in [3.63, 3.8) is 0 Å². The van der Waals surface area contributed by atoms with Crippen molar-refractivity contribution < 1.29 is 4.74 Å². The van der Waals surface area contributed by atoms with Crippen LogP contribution in [0.15, 0.2) is 6.20 Å². The third-order valence-electron chi connectivity index (χ3n) is 3.19. The van der Waals surface area contributed by atoms with Crippen molar-refractivity contribution in [1.29, 1.82) is 0 Å². The summed E-state index contributed by atoms with van der Waals surface area (Å²) in [7, 11) is 1.73. The molecule has 1 aromatic heterocycles. The third-order valence-corrected chi connectivity index (χ3v) is 3.46. The first-order chi connectivity index (χ1) is 8.15. The summed E-state index contributed by atoms with van der Waals surface area (Å²) in [5, 5.41) is 3.75. The van der Waals surface area contributed by atoms with Gasteiger partial charge >= 0.3 is 0 Å². The van der Waals surface area contributed by atoms with Crippen molar-refractivity contribution in [1.82, 2.24) is 9.97 Å². The van der Waals surface area contributed by atoms with E-state index in [1.807, 2.05) is 0 Å². The Morgan fingerprint density at radius 2 is 2.35 bits per heavy atom. The van der Waals surface area contributed by atoms with Gasteiger partial charge in [-0.1, -0.05) is 11.6 Å². The van der Waals surface area contributed by atoms with Gasteiger partial charge in [-0.25, -0.2) is 4.98 Å². The largest absolute Gasteiger partial charge is 0.385 e. The molecular weight excluding hydrogens is 240 g/mol. The monoisotopic (exact) mass is 256 g/mol. The van der Waals surface area contributed by atoms with E-state index in [1.165, 1.54) is 19.0 Å². The molecule has 0 amide bonds. The number of anilines is 2. The van der Waals surface area contributed by atoms with E-state index >= 15 is 0 Å². The van der Waals surface area contributed by atoms with Gasteiger partial charge in [-0.05, 0) is 24.7 Å². The molecule has 0 radical (unpaired) electrons. The number of ether oxygens (including phenoxy) is 1. The maximum absolute atomic E-state index is 5.98. The fourth-order valence-corrected chi connectivity index (χ4v) is 1.94. The van der Waals surface area contributed by atoms with Crippen LogP contribution in [0.2, 0.25) is 5.02 Å². The molecule has 1 aliphatic rings. The number of methoxy groups -OCH3 is 1. The summed E-state index contributed by atoms with van der Waals surface area (Å²) in [4.78, 5) is 7.90. The maximum atomic E-state index is 5.98. The van der Waals surface area contributed by atoms with Gasteiger partial charge in [-0.15, -0.1) is 0 Å². The molecule has 5 nitrogen and oxygen atoms in total. The zero-order valence-corrected chi connectivity index (χ0v) is 10.6. The summed E-state index contributed by atoms with van der Waals surface area (Å²) >= 11 is 5.98. The van der Waals surface area contributed by atoms with Gasteiger partial charge in [0.2, 0.25) is 5.95 Å². The van der Waals surface area contributed by atoms with Gasteiger partial charge in [-0.3, -0.25) is 0 Å². The fourth-order valence-electron chi connectivity index (χ4n) is 1.79. The molecule has 6 heteroatoms. The molecule has 0 aromatic carbocycles. The van der Waals surface area contributed by atoms with Gasteiger partial charge in [0, 0.05) is 20.3 Å². The molecule has 94 valence electrons. The first-order valence-corrected chi connectivity index (χ1v) is 6.04. The molecule has 0 bridgehead atoms. The second-order valence-electron chi connectivity index (χ2n) is 4.52. The smallest absolute Gasteiger partial charge is 0.222 e. The topological polar surface area (TPSA) is 73.1 Å². The lowest BCUT2D eigenvalue weighted by Crippen LogP contribution is -2.18. The van der Waals surface area contributed by atoms with Gasteiger partial charge in [0.05, 0.1) is 6.20 Å². The molecule has 0 saturated heterocycles. The van der Waals surface area contributed by atoms with E-state index in [9.17, 15) is 0 Å². The fraction of sp³-hybridized carbons (Fsp3) is 0.636. The summed E-state index contributed by atoms with van der Waals surface area (Å²) in [5.74, 6) is 0.849. The SMILES string of the molecule is COCCC1(CNc2nc(N)ncc2Cl)CC1. The molecule has 1 fully saturated rings. The van der Waals surface area contributed by atoms with Crippen molar-refractivity contribution in [3.8, 4) is 0 Å². The first-order valence-electron chi connectivity index (χ1n) is 5.66. The summed E-state index contributed by atoms with van der Waals surface area (Å²) in [6, 6.07) is 0. The molecule has 2 rings (SSSR count). The predicted molar refractivity (Wildman–Crippen MR) is 68.1 cm³/mol. The van der Waals surface area contributed by atoms with Crippen molar-refractivity contribution in [2.24, 2.45) is 5.41 Å². The van der Waals surface area contributed by atoms with Crippen molar-refractivity contribution >= 4 is 23.4 Å². The van der Waals surface area contributed by atoms with E-state index in [0.717, 1.165) is 19.6 Å². The van der Waals surface area contributed by atoms with E-state index in [4.69, 9.17) is 22.1 Å². The van der Waals surface area contributed by atoms with Crippen LogP contribution >= 0.6 is 11.6 Å². The number of nitrogens with one attached hydrogen (secondary N) is 1. The lowest BCUT2D eigenvalue weighted by Gasteiger charge is -2.16. The third kappa shape index (κ3) is 3.20. The van der Waals surface area contributed by atoms with Crippen molar-refractivity contribution in [3.05, 3.63) is 11.2 Å². The summed E-state index contributed by atoms with van der Waals surface area (Å²) < 4.78 is 5.11. The Balaban J connectivity index is 1.91. The number of aromatic nitrogens is 2. The van der Waals surface area contributed by atoms with E-state index < -0.39 is 0 Å². The second kappa shape index (κ2) is 5.06. The minimum absolute atomic E-state index is 0.235. The Labute approximate surface area is 106 Å². The van der Waals surface area contributed by atoms with Crippen LogP contribution in [-0.2, 0) is 4.74 Å². The minimum atomic E-state index is 0.235. The molecule has 3 N–H and O–H groups in total. The van der Waals surface area contributed by atoms with Gasteiger partial charge in [0.15, 0.2) is 0 Å². The lowest BCUT2D eigenvalue weighted by molar-refractivity contribution is 0.175. The molecule has 0 atom stereocenters. The Bertz CT molecular complexity index is 395. The Morgan fingerprint density at radius 1 is 1.59 bits per heavy atom. The van der Waals surface area contributed by atoms with E-state index in [1.54, 1.807) is 7.11 Å². The van der Waals surface area contributed by atoms with Crippen LogP contribution < -0.4 is 11.1 Å². The van der Waals surface area contributed by atoms with Gasteiger partial charge in [-0.2, -0.15) is 4.98 Å². The quantitative estimate of drug-likeness (QED) is 0.814. The molecule has 17 heavy (non-hydrogen) atoms. The van der Waals surface area contributed by atoms with Crippen LogP contribution in [0.1, 0.15) is 19.3 Å². The molecular formula is C11H17ClN4O. The zero-order valence-electron chi connectivity index (χ0n) is 9.87. The van der Waals surface area contributed by atoms with Gasteiger partial charge in [0.25, 0.3) is 0 Å². The molecule has 1 aliphatic carbocycles. The van der Waals surface area contributed by atoms with E-state index in [2.05, 4.69) is 15.3 Å². The summed E-state index contributed by atoms with van der Waals surface area (Å²) in [5.41, 5.74) is 5.87. The number of halogens is 1. The van der Waals surface area contributed by atoms with Crippen LogP contribution in [0.4, 0.5) is 11.8 Å². The molecule has 1 saturated carbocycles. The van der Waals surface area contributed by atoms with Crippen LogP contribution in [0.5, 0.6) is 0 Å². The van der Waals surface area contributed by atoms with Crippen LogP contribution in [0.25, 0.3) is 0 Å². The van der Waals surface area contributed by atoms with Gasteiger partial charge < -0.3 is 15.8 Å². The first kappa shape index (κ1) is 12.4. The number of hydrogen-bond donors (Lipinski definition) is 2. The number of nitrogen functional groups attached to an aromatic ring is 1. The van der Waals surface area contributed by atoms with Crippen molar-refractivity contribution in [2.45, 2.75) is 19.3 Å². The predicted octanol–water partition coefficient (Wildman–Crippen LogP) is 1.94. The molecule has 0 spiro atoms. The molecule has 0 aliphatic heterocycles. The number of rotatable bonds is 6. The van der Waals surface area contributed by atoms with Crippen LogP contribution in [-0.4, -0.2) is 30.2 Å². The minimum Gasteiger partial charge on any atom is -0.385 e. The highest BCUT2D eigenvalue weighted by molar-refractivity contribution is 6.32. The normalized spacial score (nSPS) is 16.8. The summed E-state index contributed by atoms with van der Waals surface area (Å²) in [6.45, 7) is 1.65. The Hall–Kier alpha value is -1.07. The zero-order chi connectivity index (χ0) is 12.3. The Morgan fingerprint density at radius 3 is 3.00 bits per heavy atom. The van der Waals surface area contributed by atoms with Gasteiger partial charge in [0.1, 0.15) is 10.8 Å². The van der Waals surface area contributed by atoms with E-state index in [-0.39, 0.29) is 5.95 Å². The number of nitrogens with zero attached hydrogens (tertiary/aromatic N) is 2. The summed E-state index contributed by atoms with van der Waals surface area (Å²) in [6.07, 6.45) is 5.03. The highest BCUT2D eigenvalue weighted by Crippen LogP contribution is 2.48. The maximum Gasteiger partial charge on any atom is 0.222 e. The van der Waals surface area contributed by atoms with Crippen LogP contribution in [0, 0.1) is 5.41 Å². The average Bonchev–Trinajstić information content (AvgIpc) is 3.09. The molecule has 0 unspecified atom stereocenters. The highest BCUT2D eigenvalue weighted by atomic mass is 35.5. The van der Waals surface area contributed by atoms with Crippen LogP contribution in [0.3, 0.4) is 0 Å². The lowest BCUT2D eigenvalue weighted by atomic mass is 10.0. The van der Waals surface area contributed by atoms with Crippen molar-refractivity contribution in [2.75, 3.05) is 31.3 Å². The van der Waals surface area contributed by atoms with E-state index in [0.29, 0.717) is 16.3 Å². The molecule has 1 heterocycles. The number of nitrogens with two attached hydrogens (primary N) is 1. The number of hydrogen-bond acceptors (Lipinski definition) is 5.